The van der Waals surface area contributed by atoms with Crippen LogP contribution in [0.2, 0.25) is 0 Å². The lowest BCUT2D eigenvalue weighted by molar-refractivity contribution is 0.178. The normalized spacial score (nSPS) is 24.2. The van der Waals surface area contributed by atoms with E-state index in [2.05, 4.69) is 6.07 Å². The van der Waals surface area contributed by atoms with Gasteiger partial charge in [-0.1, -0.05) is 18.2 Å². The highest BCUT2D eigenvalue weighted by atomic mass is 16.6. The molecule has 3 heteroatoms. The number of hydrogen-bond acceptors (Lipinski definition) is 2. The standard InChI is InChI=1S/C10H9NO2/c12-10-11-8(6-13-10)5-7-3-1-2-4-9(7)11/h1-4,8H,5-6H2. The van der Waals surface area contributed by atoms with E-state index in [1.54, 1.807) is 4.90 Å². The number of rotatable bonds is 0. The second-order valence-corrected chi connectivity index (χ2v) is 3.43. The van der Waals surface area contributed by atoms with Crippen LogP contribution < -0.4 is 4.90 Å². The molecule has 66 valence electrons. The molecule has 0 aliphatic carbocycles. The van der Waals surface area contributed by atoms with Gasteiger partial charge >= 0.3 is 6.09 Å². The molecule has 0 spiro atoms. The Morgan fingerprint density at radius 1 is 1.38 bits per heavy atom. The molecule has 1 unspecified atom stereocenters. The molecule has 1 saturated heterocycles. The van der Waals surface area contributed by atoms with Crippen molar-refractivity contribution in [2.45, 2.75) is 12.5 Å². The molecule has 1 aromatic carbocycles. The van der Waals surface area contributed by atoms with Crippen LogP contribution in [-0.2, 0) is 11.2 Å². The summed E-state index contributed by atoms with van der Waals surface area (Å²) in [5.74, 6) is 0. The van der Waals surface area contributed by atoms with Gasteiger partial charge in [-0.25, -0.2) is 4.79 Å². The minimum absolute atomic E-state index is 0.199. The van der Waals surface area contributed by atoms with Crippen molar-refractivity contribution in [2.24, 2.45) is 0 Å². The highest BCUT2D eigenvalue weighted by Gasteiger charge is 2.40. The van der Waals surface area contributed by atoms with Crippen LogP contribution in [0, 0.1) is 0 Å². The largest absolute Gasteiger partial charge is 0.447 e. The van der Waals surface area contributed by atoms with Crippen molar-refractivity contribution in [1.29, 1.82) is 0 Å². The van der Waals surface area contributed by atoms with Gasteiger partial charge in [0.2, 0.25) is 0 Å². The van der Waals surface area contributed by atoms with Crippen LogP contribution in [0.5, 0.6) is 0 Å². The van der Waals surface area contributed by atoms with Gasteiger partial charge in [0, 0.05) is 0 Å². The maximum atomic E-state index is 11.3. The Hall–Kier alpha value is -1.51. The van der Waals surface area contributed by atoms with E-state index in [1.165, 1.54) is 5.56 Å². The number of carbonyl (C=O) groups excluding carboxylic acids is 1. The first kappa shape index (κ1) is 6.95. The zero-order chi connectivity index (χ0) is 8.84. The van der Waals surface area contributed by atoms with Gasteiger partial charge in [-0.2, -0.15) is 0 Å². The first-order valence-corrected chi connectivity index (χ1v) is 4.40. The van der Waals surface area contributed by atoms with Crippen LogP contribution in [0.15, 0.2) is 24.3 Å². The molecule has 0 bridgehead atoms. The van der Waals surface area contributed by atoms with Crippen molar-refractivity contribution in [2.75, 3.05) is 11.5 Å². The number of amides is 1. The van der Waals surface area contributed by atoms with Gasteiger partial charge in [0.25, 0.3) is 0 Å². The fourth-order valence-electron chi connectivity index (χ4n) is 2.08. The number of ether oxygens (including phenoxy) is 1. The average Bonchev–Trinajstić information content (AvgIpc) is 2.66. The predicted molar refractivity (Wildman–Crippen MR) is 47.8 cm³/mol. The monoisotopic (exact) mass is 175 g/mol. The molecule has 0 N–H and O–H groups in total. The number of nitrogens with zero attached hydrogens (tertiary/aromatic N) is 1. The summed E-state index contributed by atoms with van der Waals surface area (Å²) in [5, 5.41) is 0. The van der Waals surface area contributed by atoms with Crippen molar-refractivity contribution >= 4 is 11.8 Å². The molecule has 0 aromatic heterocycles. The Morgan fingerprint density at radius 3 is 3.15 bits per heavy atom. The van der Waals surface area contributed by atoms with Gasteiger partial charge in [-0.15, -0.1) is 0 Å². The number of cyclic esters (lactones) is 1. The van der Waals surface area contributed by atoms with Crippen LogP contribution in [-0.4, -0.2) is 18.7 Å². The quantitative estimate of drug-likeness (QED) is 0.599. The minimum Gasteiger partial charge on any atom is -0.447 e. The fraction of sp³-hybridized carbons (Fsp3) is 0.300. The maximum absolute atomic E-state index is 11.3. The van der Waals surface area contributed by atoms with Gasteiger partial charge in [0.1, 0.15) is 6.61 Å². The topological polar surface area (TPSA) is 29.5 Å². The fourth-order valence-corrected chi connectivity index (χ4v) is 2.08. The Kier molecular flexibility index (Phi) is 1.20. The first-order chi connectivity index (χ1) is 6.36. The predicted octanol–water partition coefficient (Wildman–Crippen LogP) is 1.57. The van der Waals surface area contributed by atoms with E-state index in [-0.39, 0.29) is 12.1 Å². The summed E-state index contributed by atoms with van der Waals surface area (Å²) in [5.41, 5.74) is 2.28. The Balaban J connectivity index is 2.13. The van der Waals surface area contributed by atoms with Crippen LogP contribution in [0.25, 0.3) is 0 Å². The molecule has 1 atom stereocenters. The summed E-state index contributed by atoms with van der Waals surface area (Å²) in [4.78, 5) is 13.1. The summed E-state index contributed by atoms with van der Waals surface area (Å²) in [6.07, 6.45) is 0.733. The molecule has 1 aromatic rings. The molecule has 1 fully saturated rings. The number of hydrogen-bond donors (Lipinski definition) is 0. The number of anilines is 1. The van der Waals surface area contributed by atoms with Crippen molar-refractivity contribution < 1.29 is 9.53 Å². The number of carbonyl (C=O) groups is 1. The highest BCUT2D eigenvalue weighted by Crippen LogP contribution is 2.35. The second-order valence-electron chi connectivity index (χ2n) is 3.43. The molecule has 2 aliphatic rings. The summed E-state index contributed by atoms with van der Waals surface area (Å²) in [6.45, 7) is 0.535. The van der Waals surface area contributed by atoms with Gasteiger partial charge in [0.15, 0.2) is 0 Å². The molecule has 3 rings (SSSR count). The van der Waals surface area contributed by atoms with Gasteiger partial charge in [-0.3, -0.25) is 4.90 Å². The Bertz CT molecular complexity index is 375. The summed E-state index contributed by atoms with van der Waals surface area (Å²) in [6, 6.07) is 8.24. The third kappa shape index (κ3) is 0.813. The lowest BCUT2D eigenvalue weighted by atomic mass is 10.1. The molecule has 0 saturated carbocycles. The van der Waals surface area contributed by atoms with E-state index in [9.17, 15) is 4.79 Å². The van der Waals surface area contributed by atoms with Gasteiger partial charge < -0.3 is 4.74 Å². The van der Waals surface area contributed by atoms with Crippen LogP contribution in [0.4, 0.5) is 10.5 Å². The summed E-state index contributed by atoms with van der Waals surface area (Å²) in [7, 11) is 0. The van der Waals surface area contributed by atoms with E-state index in [1.807, 2.05) is 18.2 Å². The summed E-state index contributed by atoms with van der Waals surface area (Å²) >= 11 is 0. The van der Waals surface area contributed by atoms with E-state index in [0.717, 1.165) is 12.1 Å². The van der Waals surface area contributed by atoms with Crippen LogP contribution >= 0.6 is 0 Å². The minimum atomic E-state index is -0.199. The Morgan fingerprint density at radius 2 is 2.23 bits per heavy atom. The third-order valence-corrected chi connectivity index (χ3v) is 2.67. The number of benzene rings is 1. The molecule has 13 heavy (non-hydrogen) atoms. The molecular weight excluding hydrogens is 166 g/mol. The van der Waals surface area contributed by atoms with Crippen LogP contribution in [0.3, 0.4) is 0 Å². The molecular formula is C10H9NO2. The highest BCUT2D eigenvalue weighted by molar-refractivity contribution is 5.93. The molecule has 1 amide bonds. The maximum Gasteiger partial charge on any atom is 0.414 e. The van der Waals surface area contributed by atoms with E-state index < -0.39 is 0 Å². The second kappa shape index (κ2) is 2.25. The lowest BCUT2D eigenvalue weighted by Crippen LogP contribution is -2.29. The molecule has 2 heterocycles. The molecule has 3 nitrogen and oxygen atoms in total. The van der Waals surface area contributed by atoms with Crippen molar-refractivity contribution in [3.8, 4) is 0 Å². The average molecular weight is 175 g/mol. The molecule has 2 aliphatic heterocycles. The lowest BCUT2D eigenvalue weighted by Gasteiger charge is -2.11. The zero-order valence-corrected chi connectivity index (χ0v) is 7.06. The van der Waals surface area contributed by atoms with E-state index in [4.69, 9.17) is 4.74 Å². The number of fused-ring (bicyclic) bond motifs is 3. The van der Waals surface area contributed by atoms with Crippen LogP contribution in [0.1, 0.15) is 5.56 Å². The summed E-state index contributed by atoms with van der Waals surface area (Å²) < 4.78 is 4.96. The van der Waals surface area contributed by atoms with E-state index in [0.29, 0.717) is 6.61 Å². The molecule has 0 radical (unpaired) electrons. The van der Waals surface area contributed by atoms with Gasteiger partial charge in [-0.05, 0) is 18.1 Å². The van der Waals surface area contributed by atoms with Crippen molar-refractivity contribution in [3.05, 3.63) is 29.8 Å². The van der Waals surface area contributed by atoms with Gasteiger partial charge in [0.05, 0.1) is 11.7 Å². The number of para-hydroxylation sites is 1. The zero-order valence-electron chi connectivity index (χ0n) is 7.06. The smallest absolute Gasteiger partial charge is 0.414 e. The van der Waals surface area contributed by atoms with Crippen molar-refractivity contribution in [1.82, 2.24) is 0 Å². The Labute approximate surface area is 75.9 Å². The van der Waals surface area contributed by atoms with Crippen molar-refractivity contribution in [3.63, 3.8) is 0 Å². The SMILES string of the molecule is O=C1OCC2Cc3ccccc3N12. The first-order valence-electron chi connectivity index (χ1n) is 4.40. The third-order valence-electron chi connectivity index (χ3n) is 2.67. The van der Waals surface area contributed by atoms with E-state index >= 15 is 0 Å².